The summed E-state index contributed by atoms with van der Waals surface area (Å²) in [6.07, 6.45) is 3.67. The first-order chi connectivity index (χ1) is 8.70. The molecule has 1 N–H and O–H groups in total. The Morgan fingerprint density at radius 3 is 3.00 bits per heavy atom. The molecule has 0 aliphatic carbocycles. The topological polar surface area (TPSA) is 71.6 Å². The molecule has 2 aliphatic heterocycles. The molecule has 6 nitrogen and oxygen atoms in total. The van der Waals surface area contributed by atoms with E-state index in [9.17, 15) is 10.1 Å². The van der Waals surface area contributed by atoms with Gasteiger partial charge < -0.3 is 9.73 Å². The Hall–Kier alpha value is -1.40. The molecule has 3 rings (SSSR count). The van der Waals surface area contributed by atoms with E-state index >= 15 is 0 Å². The number of hydrogen-bond acceptors (Lipinski definition) is 5. The van der Waals surface area contributed by atoms with Crippen molar-refractivity contribution in [1.29, 1.82) is 0 Å². The number of nitro groups is 1. The van der Waals surface area contributed by atoms with Gasteiger partial charge in [0.05, 0.1) is 12.6 Å². The molecule has 0 aromatic carbocycles. The van der Waals surface area contributed by atoms with E-state index in [0.29, 0.717) is 24.4 Å². The Morgan fingerprint density at radius 2 is 2.22 bits per heavy atom. The lowest BCUT2D eigenvalue weighted by Gasteiger charge is -2.22. The number of likely N-dealkylation sites (tertiary alicyclic amines) is 1. The standard InChI is InChI=1S/C12H17N3O3/c16-15(17)12-4-3-11(18-12)8-14-6-5-9-1-2-10(7-14)13-9/h3-4,9-10,13H,1-2,5-8H2. The number of nitrogens with one attached hydrogen (secondary N) is 1. The zero-order chi connectivity index (χ0) is 12.5. The van der Waals surface area contributed by atoms with E-state index < -0.39 is 4.92 Å². The van der Waals surface area contributed by atoms with Gasteiger partial charge in [-0.25, -0.2) is 0 Å². The van der Waals surface area contributed by atoms with Crippen molar-refractivity contribution in [3.05, 3.63) is 28.0 Å². The number of furan rings is 1. The van der Waals surface area contributed by atoms with E-state index in [1.807, 2.05) is 0 Å². The first-order valence-electron chi connectivity index (χ1n) is 6.42. The van der Waals surface area contributed by atoms with Crippen LogP contribution in [0.15, 0.2) is 16.5 Å². The first-order valence-corrected chi connectivity index (χ1v) is 6.42. The summed E-state index contributed by atoms with van der Waals surface area (Å²) in [5, 5.41) is 14.2. The fourth-order valence-electron chi connectivity index (χ4n) is 2.93. The van der Waals surface area contributed by atoms with Crippen molar-refractivity contribution in [3.8, 4) is 0 Å². The summed E-state index contributed by atoms with van der Waals surface area (Å²) in [4.78, 5) is 12.4. The van der Waals surface area contributed by atoms with Gasteiger partial charge in [0.25, 0.3) is 0 Å². The molecule has 3 heterocycles. The molecular weight excluding hydrogens is 234 g/mol. The monoisotopic (exact) mass is 251 g/mol. The second kappa shape index (κ2) is 4.70. The summed E-state index contributed by atoms with van der Waals surface area (Å²) >= 11 is 0. The van der Waals surface area contributed by atoms with Crippen LogP contribution >= 0.6 is 0 Å². The zero-order valence-corrected chi connectivity index (χ0v) is 10.2. The summed E-state index contributed by atoms with van der Waals surface area (Å²) in [7, 11) is 0. The van der Waals surface area contributed by atoms with E-state index in [-0.39, 0.29) is 5.88 Å². The van der Waals surface area contributed by atoms with E-state index in [2.05, 4.69) is 10.2 Å². The fraction of sp³-hybridized carbons (Fsp3) is 0.667. The second-order valence-corrected chi connectivity index (χ2v) is 5.16. The highest BCUT2D eigenvalue weighted by molar-refractivity contribution is 5.17. The maximum absolute atomic E-state index is 10.6. The van der Waals surface area contributed by atoms with Crippen molar-refractivity contribution in [2.24, 2.45) is 0 Å². The number of fused-ring (bicyclic) bond motifs is 2. The molecule has 1 aromatic rings. The van der Waals surface area contributed by atoms with Gasteiger partial charge in [-0.1, -0.05) is 0 Å². The quantitative estimate of drug-likeness (QED) is 0.651. The minimum absolute atomic E-state index is 0.167. The Labute approximate surface area is 105 Å². The predicted molar refractivity (Wildman–Crippen MR) is 65.2 cm³/mol. The third-order valence-corrected chi connectivity index (χ3v) is 3.81. The van der Waals surface area contributed by atoms with Crippen LogP contribution in [0.3, 0.4) is 0 Å². The van der Waals surface area contributed by atoms with Crippen molar-refractivity contribution in [2.45, 2.75) is 37.9 Å². The average Bonchev–Trinajstić information content (AvgIpc) is 2.89. The number of rotatable bonds is 3. The summed E-state index contributed by atoms with van der Waals surface area (Å²) in [6, 6.07) is 4.36. The third-order valence-electron chi connectivity index (χ3n) is 3.81. The minimum atomic E-state index is -0.491. The lowest BCUT2D eigenvalue weighted by molar-refractivity contribution is -0.402. The Bertz CT molecular complexity index is 446. The van der Waals surface area contributed by atoms with Gasteiger partial charge in [0.2, 0.25) is 0 Å². The molecule has 2 bridgehead atoms. The van der Waals surface area contributed by atoms with Gasteiger partial charge >= 0.3 is 5.88 Å². The Balaban J connectivity index is 1.63. The smallest absolute Gasteiger partial charge is 0.404 e. The highest BCUT2D eigenvalue weighted by Crippen LogP contribution is 2.23. The van der Waals surface area contributed by atoms with Gasteiger partial charge in [-0.15, -0.1) is 0 Å². The number of hydrogen-bond donors (Lipinski definition) is 1. The van der Waals surface area contributed by atoms with E-state index in [1.165, 1.54) is 18.9 Å². The summed E-state index contributed by atoms with van der Waals surface area (Å²) in [5.41, 5.74) is 0. The lowest BCUT2D eigenvalue weighted by atomic mass is 10.1. The average molecular weight is 251 g/mol. The van der Waals surface area contributed by atoms with Gasteiger partial charge in [0, 0.05) is 25.2 Å². The Morgan fingerprint density at radius 1 is 1.39 bits per heavy atom. The maximum Gasteiger partial charge on any atom is 0.433 e. The van der Waals surface area contributed by atoms with Crippen LogP contribution in [-0.2, 0) is 6.54 Å². The fourth-order valence-corrected chi connectivity index (χ4v) is 2.93. The lowest BCUT2D eigenvalue weighted by Crippen LogP contribution is -2.34. The van der Waals surface area contributed by atoms with E-state index in [4.69, 9.17) is 4.42 Å². The zero-order valence-electron chi connectivity index (χ0n) is 10.2. The molecule has 6 heteroatoms. The van der Waals surface area contributed by atoms with Gasteiger partial charge in [0.15, 0.2) is 0 Å². The Kier molecular flexibility index (Phi) is 3.05. The highest BCUT2D eigenvalue weighted by atomic mass is 16.6. The van der Waals surface area contributed by atoms with Crippen LogP contribution in [0.2, 0.25) is 0 Å². The molecule has 2 atom stereocenters. The molecule has 2 saturated heterocycles. The summed E-state index contributed by atoms with van der Waals surface area (Å²) < 4.78 is 5.21. The van der Waals surface area contributed by atoms with Gasteiger partial charge in [-0.05, 0) is 25.3 Å². The predicted octanol–water partition coefficient (Wildman–Crippen LogP) is 1.51. The van der Waals surface area contributed by atoms with Crippen LogP contribution in [-0.4, -0.2) is 35.0 Å². The molecule has 0 spiro atoms. The molecule has 0 radical (unpaired) electrons. The van der Waals surface area contributed by atoms with Crippen molar-refractivity contribution in [3.63, 3.8) is 0 Å². The molecule has 2 aliphatic rings. The third kappa shape index (κ3) is 2.39. The van der Waals surface area contributed by atoms with E-state index in [1.54, 1.807) is 6.07 Å². The molecular formula is C12H17N3O3. The van der Waals surface area contributed by atoms with Crippen molar-refractivity contribution >= 4 is 5.88 Å². The summed E-state index contributed by atoms with van der Waals surface area (Å²) in [6.45, 7) is 2.70. The van der Waals surface area contributed by atoms with Crippen molar-refractivity contribution in [1.82, 2.24) is 10.2 Å². The van der Waals surface area contributed by atoms with Crippen LogP contribution in [0.1, 0.15) is 25.0 Å². The molecule has 18 heavy (non-hydrogen) atoms. The minimum Gasteiger partial charge on any atom is -0.404 e. The molecule has 0 amide bonds. The van der Waals surface area contributed by atoms with Gasteiger partial charge in [-0.2, -0.15) is 0 Å². The molecule has 1 aromatic heterocycles. The molecule has 2 fully saturated rings. The normalized spacial score (nSPS) is 28.2. The van der Waals surface area contributed by atoms with Crippen molar-refractivity contribution < 1.29 is 9.34 Å². The molecule has 2 unspecified atom stereocenters. The SMILES string of the molecule is O=[N+]([O-])c1ccc(CN2CCC3CCC(C2)N3)o1. The molecule has 98 valence electrons. The van der Waals surface area contributed by atoms with Crippen molar-refractivity contribution in [2.75, 3.05) is 13.1 Å². The molecule has 0 saturated carbocycles. The number of nitrogens with zero attached hydrogens (tertiary/aromatic N) is 2. The van der Waals surface area contributed by atoms with Crippen LogP contribution < -0.4 is 5.32 Å². The largest absolute Gasteiger partial charge is 0.433 e. The van der Waals surface area contributed by atoms with Crippen LogP contribution in [0.5, 0.6) is 0 Å². The highest BCUT2D eigenvalue weighted by Gasteiger charge is 2.29. The van der Waals surface area contributed by atoms with Gasteiger partial charge in [0.1, 0.15) is 10.7 Å². The maximum atomic E-state index is 10.6. The summed E-state index contributed by atoms with van der Waals surface area (Å²) in [5.74, 6) is 0.513. The van der Waals surface area contributed by atoms with E-state index in [0.717, 1.165) is 19.5 Å². The second-order valence-electron chi connectivity index (χ2n) is 5.16. The van der Waals surface area contributed by atoms with Crippen LogP contribution in [0.4, 0.5) is 5.88 Å². The first kappa shape index (κ1) is 11.7. The van der Waals surface area contributed by atoms with Crippen LogP contribution in [0.25, 0.3) is 0 Å². The van der Waals surface area contributed by atoms with Gasteiger partial charge in [-0.3, -0.25) is 15.0 Å². The van der Waals surface area contributed by atoms with Crippen LogP contribution in [0, 0.1) is 10.1 Å².